The van der Waals surface area contributed by atoms with E-state index in [2.05, 4.69) is 4.98 Å². The summed E-state index contributed by atoms with van der Waals surface area (Å²) < 4.78 is 7.29. The van der Waals surface area contributed by atoms with Gasteiger partial charge in [-0.25, -0.2) is 4.98 Å². The molecule has 0 N–H and O–H groups in total. The van der Waals surface area contributed by atoms with Crippen LogP contribution >= 0.6 is 0 Å². The first kappa shape index (κ1) is 21.6. The highest BCUT2D eigenvalue weighted by atomic mass is 16.5. The highest BCUT2D eigenvalue weighted by Crippen LogP contribution is 2.28. The van der Waals surface area contributed by atoms with Gasteiger partial charge >= 0.3 is 0 Å². The molecule has 0 saturated carbocycles. The van der Waals surface area contributed by atoms with Crippen molar-refractivity contribution in [2.75, 3.05) is 26.7 Å². The molecule has 7 heteroatoms. The van der Waals surface area contributed by atoms with Gasteiger partial charge in [0.05, 0.1) is 13.2 Å². The number of hydrogen-bond acceptors (Lipinski definition) is 4. The largest absolute Gasteiger partial charge is 0.497 e. The lowest BCUT2D eigenvalue weighted by molar-refractivity contribution is -0.133. The Hall–Kier alpha value is -3.61. The molecule has 32 heavy (non-hydrogen) atoms. The summed E-state index contributed by atoms with van der Waals surface area (Å²) in [5.74, 6) is 1.66. The molecule has 2 heterocycles. The second kappa shape index (κ2) is 9.26. The molecule has 2 aromatic carbocycles. The Labute approximate surface area is 188 Å². The van der Waals surface area contributed by atoms with Crippen molar-refractivity contribution in [3.05, 3.63) is 83.4 Å². The van der Waals surface area contributed by atoms with Crippen LogP contribution in [0.3, 0.4) is 0 Å². The van der Waals surface area contributed by atoms with Crippen LogP contribution in [0.4, 0.5) is 0 Å². The third kappa shape index (κ3) is 4.37. The Morgan fingerprint density at radius 2 is 1.84 bits per heavy atom. The zero-order valence-corrected chi connectivity index (χ0v) is 18.7. The molecular weight excluding hydrogens is 404 g/mol. The van der Waals surface area contributed by atoms with Crippen LogP contribution in [-0.2, 0) is 11.3 Å². The number of carbonyl (C=O) groups is 2. The average Bonchev–Trinajstić information content (AvgIpc) is 3.22. The van der Waals surface area contributed by atoms with E-state index in [1.807, 2.05) is 76.0 Å². The van der Waals surface area contributed by atoms with Gasteiger partial charge in [0.2, 0.25) is 5.91 Å². The maximum Gasteiger partial charge on any atom is 0.254 e. The van der Waals surface area contributed by atoms with Crippen LogP contribution in [0.15, 0.2) is 60.9 Å². The van der Waals surface area contributed by atoms with Crippen molar-refractivity contribution in [2.45, 2.75) is 26.4 Å². The van der Waals surface area contributed by atoms with Gasteiger partial charge in [0.15, 0.2) is 0 Å². The average molecular weight is 433 g/mol. The first-order valence-corrected chi connectivity index (χ1v) is 10.7. The fraction of sp³-hybridized carbons (Fsp3) is 0.320. The normalized spacial score (nSPS) is 16.2. The van der Waals surface area contributed by atoms with E-state index in [1.54, 1.807) is 20.2 Å². The SMILES string of the molecule is COc1ccc(C2CN(C(=O)c3ccccc3Cn3ccnc3C)CCN2C(C)=O)cc1. The number of carbonyl (C=O) groups excluding carboxylic acids is 2. The summed E-state index contributed by atoms with van der Waals surface area (Å²) in [4.78, 5) is 33.8. The van der Waals surface area contributed by atoms with E-state index >= 15 is 0 Å². The molecular formula is C25H28N4O3. The van der Waals surface area contributed by atoms with Gasteiger partial charge in [0.25, 0.3) is 5.91 Å². The summed E-state index contributed by atoms with van der Waals surface area (Å²) in [5.41, 5.74) is 2.62. The lowest BCUT2D eigenvalue weighted by Gasteiger charge is -2.41. The minimum atomic E-state index is -0.195. The van der Waals surface area contributed by atoms with E-state index in [0.717, 1.165) is 22.7 Å². The number of hydrogen-bond donors (Lipinski definition) is 0. The number of benzene rings is 2. The highest BCUT2D eigenvalue weighted by Gasteiger charge is 2.33. The smallest absolute Gasteiger partial charge is 0.254 e. The first-order valence-electron chi connectivity index (χ1n) is 10.7. The van der Waals surface area contributed by atoms with Crippen LogP contribution in [0, 0.1) is 6.92 Å². The minimum absolute atomic E-state index is 0.00824. The molecule has 0 radical (unpaired) electrons. The molecule has 7 nitrogen and oxygen atoms in total. The van der Waals surface area contributed by atoms with Crippen molar-refractivity contribution in [3.8, 4) is 5.75 Å². The van der Waals surface area contributed by atoms with Crippen LogP contribution in [0.5, 0.6) is 5.75 Å². The summed E-state index contributed by atoms with van der Waals surface area (Å²) in [6.45, 7) is 5.57. The van der Waals surface area contributed by atoms with Crippen LogP contribution in [0.2, 0.25) is 0 Å². The summed E-state index contributed by atoms with van der Waals surface area (Å²) in [7, 11) is 1.63. The molecule has 3 aromatic rings. The first-order chi connectivity index (χ1) is 15.5. The number of aromatic nitrogens is 2. The molecule has 0 aliphatic carbocycles. The Balaban J connectivity index is 1.59. The van der Waals surface area contributed by atoms with Gasteiger partial charge in [0, 0.05) is 51.1 Å². The molecule has 0 bridgehead atoms. The number of aryl methyl sites for hydroxylation is 1. The minimum Gasteiger partial charge on any atom is -0.497 e. The number of rotatable bonds is 5. The van der Waals surface area contributed by atoms with Gasteiger partial charge in [-0.1, -0.05) is 30.3 Å². The molecule has 1 fully saturated rings. The van der Waals surface area contributed by atoms with Crippen molar-refractivity contribution in [1.82, 2.24) is 19.4 Å². The molecule has 1 aliphatic heterocycles. The molecule has 1 atom stereocenters. The van der Waals surface area contributed by atoms with Gasteiger partial charge in [0.1, 0.15) is 11.6 Å². The Morgan fingerprint density at radius 3 is 2.50 bits per heavy atom. The molecule has 166 valence electrons. The van der Waals surface area contributed by atoms with Crippen molar-refractivity contribution in [2.24, 2.45) is 0 Å². The summed E-state index contributed by atoms with van der Waals surface area (Å²) in [6.07, 6.45) is 3.68. The molecule has 1 aromatic heterocycles. The number of ether oxygens (including phenoxy) is 1. The van der Waals surface area contributed by atoms with Crippen molar-refractivity contribution in [1.29, 1.82) is 0 Å². The predicted octanol–water partition coefficient (Wildman–Crippen LogP) is 3.29. The Kier molecular flexibility index (Phi) is 6.25. The summed E-state index contributed by atoms with van der Waals surface area (Å²) in [5, 5.41) is 0. The van der Waals surface area contributed by atoms with Gasteiger partial charge in [-0.2, -0.15) is 0 Å². The lowest BCUT2D eigenvalue weighted by Crippen LogP contribution is -2.52. The second-order valence-electron chi connectivity index (χ2n) is 8.01. The highest BCUT2D eigenvalue weighted by molar-refractivity contribution is 5.96. The Bertz CT molecular complexity index is 1110. The van der Waals surface area contributed by atoms with E-state index in [-0.39, 0.29) is 17.9 Å². The van der Waals surface area contributed by atoms with E-state index in [0.29, 0.717) is 31.7 Å². The number of methoxy groups -OCH3 is 1. The second-order valence-corrected chi connectivity index (χ2v) is 8.01. The van der Waals surface area contributed by atoms with Gasteiger partial charge < -0.3 is 19.1 Å². The van der Waals surface area contributed by atoms with Crippen LogP contribution in [0.25, 0.3) is 0 Å². The summed E-state index contributed by atoms with van der Waals surface area (Å²) in [6, 6.07) is 15.2. The van der Waals surface area contributed by atoms with Gasteiger partial charge in [-0.05, 0) is 36.2 Å². The predicted molar refractivity (Wildman–Crippen MR) is 122 cm³/mol. The quantitative estimate of drug-likeness (QED) is 0.621. The molecule has 2 amide bonds. The molecule has 0 spiro atoms. The van der Waals surface area contributed by atoms with E-state index in [1.165, 1.54) is 0 Å². The number of nitrogens with zero attached hydrogens (tertiary/aromatic N) is 4. The lowest BCUT2D eigenvalue weighted by atomic mass is 10.00. The molecule has 1 aliphatic rings. The summed E-state index contributed by atoms with van der Waals surface area (Å²) >= 11 is 0. The molecule has 4 rings (SSSR count). The van der Waals surface area contributed by atoms with Crippen LogP contribution in [-0.4, -0.2) is 57.9 Å². The van der Waals surface area contributed by atoms with Crippen LogP contribution < -0.4 is 4.74 Å². The third-order valence-corrected chi connectivity index (χ3v) is 6.08. The maximum atomic E-state index is 13.6. The number of imidazole rings is 1. The number of amides is 2. The van der Waals surface area contributed by atoms with Crippen molar-refractivity contribution in [3.63, 3.8) is 0 Å². The fourth-order valence-corrected chi connectivity index (χ4v) is 4.25. The van der Waals surface area contributed by atoms with Gasteiger partial charge in [-0.15, -0.1) is 0 Å². The van der Waals surface area contributed by atoms with Gasteiger partial charge in [-0.3, -0.25) is 9.59 Å². The standard InChI is InChI=1S/C25H28N4O3/c1-18-26-12-13-27(18)16-21-6-4-5-7-23(21)25(31)28-14-15-29(19(2)30)24(17-28)20-8-10-22(32-3)11-9-20/h4-13,24H,14-17H2,1-3H3. The zero-order valence-electron chi connectivity index (χ0n) is 18.7. The fourth-order valence-electron chi connectivity index (χ4n) is 4.25. The van der Waals surface area contributed by atoms with E-state index < -0.39 is 0 Å². The Morgan fingerprint density at radius 1 is 1.09 bits per heavy atom. The topological polar surface area (TPSA) is 67.7 Å². The molecule has 1 saturated heterocycles. The van der Waals surface area contributed by atoms with E-state index in [9.17, 15) is 9.59 Å². The monoisotopic (exact) mass is 432 g/mol. The van der Waals surface area contributed by atoms with Crippen LogP contribution in [0.1, 0.15) is 40.3 Å². The maximum absolute atomic E-state index is 13.6. The third-order valence-electron chi connectivity index (χ3n) is 6.08. The number of piperazine rings is 1. The van der Waals surface area contributed by atoms with Crippen molar-refractivity contribution < 1.29 is 14.3 Å². The van der Waals surface area contributed by atoms with Crippen molar-refractivity contribution >= 4 is 11.8 Å². The van der Waals surface area contributed by atoms with E-state index in [4.69, 9.17) is 4.74 Å². The zero-order chi connectivity index (χ0) is 22.7. The molecule has 1 unspecified atom stereocenters.